The van der Waals surface area contributed by atoms with Gasteiger partial charge in [0.1, 0.15) is 0 Å². The van der Waals surface area contributed by atoms with Crippen LogP contribution in [0, 0.1) is 0 Å². The van der Waals surface area contributed by atoms with Crippen LogP contribution in [0.5, 0.6) is 0 Å². The Morgan fingerprint density at radius 3 is 2.33 bits per heavy atom. The Morgan fingerprint density at radius 2 is 1.83 bits per heavy atom. The lowest BCUT2D eigenvalue weighted by Gasteiger charge is -1.96. The summed E-state index contributed by atoms with van der Waals surface area (Å²) in [5, 5.41) is 2.58. The van der Waals surface area contributed by atoms with Gasteiger partial charge in [0.2, 0.25) is 6.41 Å². The first-order chi connectivity index (χ1) is 5.93. The van der Waals surface area contributed by atoms with E-state index >= 15 is 0 Å². The molecule has 0 aliphatic heterocycles. The first kappa shape index (κ1) is 10.7. The molecule has 2 heteroatoms. The van der Waals surface area contributed by atoms with Crippen LogP contribution < -0.4 is 5.32 Å². The minimum absolute atomic E-state index is 0.615. The molecule has 0 atom stereocenters. The van der Waals surface area contributed by atoms with Gasteiger partial charge in [-0.1, -0.05) is 44.2 Å². The summed E-state index contributed by atoms with van der Waals surface area (Å²) in [5.74, 6) is 0. The number of hydrogen-bond acceptors (Lipinski definition) is 1. The molecule has 2 nitrogen and oxygen atoms in total. The molecular formula is C10H15NO. The van der Waals surface area contributed by atoms with Crippen molar-refractivity contribution in [3.05, 3.63) is 35.9 Å². The molecular weight excluding hydrogens is 150 g/mol. The molecule has 12 heavy (non-hydrogen) atoms. The number of nitrogens with one attached hydrogen (secondary N) is 1. The Morgan fingerprint density at radius 1 is 1.25 bits per heavy atom. The predicted molar refractivity (Wildman–Crippen MR) is 50.7 cm³/mol. The van der Waals surface area contributed by atoms with Crippen LogP contribution in [-0.4, -0.2) is 6.41 Å². The summed E-state index contributed by atoms with van der Waals surface area (Å²) < 4.78 is 0. The quantitative estimate of drug-likeness (QED) is 0.681. The van der Waals surface area contributed by atoms with Crippen LogP contribution >= 0.6 is 0 Å². The van der Waals surface area contributed by atoms with Crippen LogP contribution in [0.15, 0.2) is 30.3 Å². The third-order valence-electron chi connectivity index (χ3n) is 1.23. The van der Waals surface area contributed by atoms with Gasteiger partial charge in [-0.05, 0) is 5.56 Å². The van der Waals surface area contributed by atoms with Crippen LogP contribution in [0.25, 0.3) is 0 Å². The Labute approximate surface area is 73.6 Å². The van der Waals surface area contributed by atoms with E-state index in [2.05, 4.69) is 5.32 Å². The molecule has 1 aromatic carbocycles. The van der Waals surface area contributed by atoms with Gasteiger partial charge in [-0.25, -0.2) is 0 Å². The Bertz CT molecular complexity index is 196. The van der Waals surface area contributed by atoms with Gasteiger partial charge in [0.15, 0.2) is 0 Å². The van der Waals surface area contributed by atoms with Crippen molar-refractivity contribution < 1.29 is 4.79 Å². The van der Waals surface area contributed by atoms with Gasteiger partial charge < -0.3 is 5.32 Å². The summed E-state index contributed by atoms with van der Waals surface area (Å²) in [6.07, 6.45) is 0.701. The molecule has 0 bridgehead atoms. The summed E-state index contributed by atoms with van der Waals surface area (Å²) in [6.45, 7) is 4.62. The number of rotatable bonds is 3. The van der Waals surface area contributed by atoms with Crippen molar-refractivity contribution in [3.8, 4) is 0 Å². The Balaban J connectivity index is 0.000000561. The number of carbonyl (C=O) groups excluding carboxylic acids is 1. The highest BCUT2D eigenvalue weighted by atomic mass is 16.1. The Hall–Kier alpha value is -1.31. The standard InChI is InChI=1S/C8H9NO.C2H6/c10-7-9-6-8-4-2-1-3-5-8;1-2/h1-5,7H,6H2,(H,9,10);1-2H3. The second kappa shape index (κ2) is 7.79. The second-order valence-corrected chi connectivity index (χ2v) is 1.98. The largest absolute Gasteiger partial charge is 0.355 e. The van der Waals surface area contributed by atoms with Gasteiger partial charge in [-0.15, -0.1) is 0 Å². The van der Waals surface area contributed by atoms with E-state index in [-0.39, 0.29) is 0 Å². The molecule has 1 N–H and O–H groups in total. The fourth-order valence-electron chi connectivity index (χ4n) is 0.755. The van der Waals surface area contributed by atoms with Gasteiger partial charge >= 0.3 is 0 Å². The van der Waals surface area contributed by atoms with Gasteiger partial charge in [0.25, 0.3) is 0 Å². The molecule has 0 aromatic heterocycles. The zero-order chi connectivity index (χ0) is 9.23. The average molecular weight is 165 g/mol. The van der Waals surface area contributed by atoms with Crippen molar-refractivity contribution in [1.82, 2.24) is 5.32 Å². The maximum atomic E-state index is 9.87. The molecule has 0 aliphatic rings. The van der Waals surface area contributed by atoms with Crippen molar-refractivity contribution >= 4 is 6.41 Å². The molecule has 0 aliphatic carbocycles. The number of amides is 1. The van der Waals surface area contributed by atoms with Crippen molar-refractivity contribution in [3.63, 3.8) is 0 Å². The number of hydrogen-bond donors (Lipinski definition) is 1. The molecule has 0 fully saturated rings. The molecule has 1 amide bonds. The van der Waals surface area contributed by atoms with Gasteiger partial charge in [-0.2, -0.15) is 0 Å². The number of benzene rings is 1. The SMILES string of the molecule is CC.O=CNCc1ccccc1. The monoisotopic (exact) mass is 165 g/mol. The van der Waals surface area contributed by atoms with Crippen LogP contribution in [0.3, 0.4) is 0 Å². The summed E-state index contributed by atoms with van der Waals surface area (Å²) in [5.41, 5.74) is 1.12. The molecule has 0 heterocycles. The van der Waals surface area contributed by atoms with Crippen LogP contribution in [0.4, 0.5) is 0 Å². The van der Waals surface area contributed by atoms with Crippen molar-refractivity contribution in [2.24, 2.45) is 0 Å². The maximum Gasteiger partial charge on any atom is 0.207 e. The van der Waals surface area contributed by atoms with E-state index in [9.17, 15) is 4.79 Å². The van der Waals surface area contributed by atoms with Crippen LogP contribution in [0.1, 0.15) is 19.4 Å². The second-order valence-electron chi connectivity index (χ2n) is 1.98. The number of carbonyl (C=O) groups is 1. The van der Waals surface area contributed by atoms with E-state index in [1.54, 1.807) is 0 Å². The van der Waals surface area contributed by atoms with E-state index in [4.69, 9.17) is 0 Å². The maximum absolute atomic E-state index is 9.87. The normalized spacial score (nSPS) is 7.83. The zero-order valence-corrected chi connectivity index (χ0v) is 7.58. The third kappa shape index (κ3) is 4.50. The van der Waals surface area contributed by atoms with E-state index in [0.717, 1.165) is 5.56 Å². The van der Waals surface area contributed by atoms with Crippen molar-refractivity contribution in [2.75, 3.05) is 0 Å². The first-order valence-corrected chi connectivity index (χ1v) is 4.14. The highest BCUT2D eigenvalue weighted by Crippen LogP contribution is 1.95. The van der Waals surface area contributed by atoms with Crippen molar-refractivity contribution in [1.29, 1.82) is 0 Å². The lowest BCUT2D eigenvalue weighted by Crippen LogP contribution is -2.09. The van der Waals surface area contributed by atoms with Gasteiger partial charge in [0, 0.05) is 6.54 Å². The summed E-state index contributed by atoms with van der Waals surface area (Å²) >= 11 is 0. The van der Waals surface area contributed by atoms with Crippen molar-refractivity contribution in [2.45, 2.75) is 20.4 Å². The molecule has 66 valence electrons. The summed E-state index contributed by atoms with van der Waals surface area (Å²) in [7, 11) is 0. The smallest absolute Gasteiger partial charge is 0.207 e. The topological polar surface area (TPSA) is 29.1 Å². The van der Waals surface area contributed by atoms with Crippen LogP contribution in [-0.2, 0) is 11.3 Å². The molecule has 1 rings (SSSR count). The predicted octanol–water partition coefficient (Wildman–Crippen LogP) is 1.96. The molecule has 0 saturated heterocycles. The van der Waals surface area contributed by atoms with Crippen LogP contribution in [0.2, 0.25) is 0 Å². The average Bonchev–Trinajstić information content (AvgIpc) is 2.19. The molecule has 0 radical (unpaired) electrons. The summed E-state index contributed by atoms with van der Waals surface area (Å²) in [6, 6.07) is 9.78. The minimum Gasteiger partial charge on any atom is -0.355 e. The Kier molecular flexibility index (Phi) is 6.94. The first-order valence-electron chi connectivity index (χ1n) is 4.14. The lowest BCUT2D eigenvalue weighted by molar-refractivity contribution is -0.109. The lowest BCUT2D eigenvalue weighted by atomic mass is 10.2. The highest BCUT2D eigenvalue weighted by molar-refractivity contribution is 5.46. The summed E-state index contributed by atoms with van der Waals surface area (Å²) in [4.78, 5) is 9.87. The molecule has 0 saturated carbocycles. The fourth-order valence-corrected chi connectivity index (χ4v) is 0.755. The third-order valence-corrected chi connectivity index (χ3v) is 1.23. The van der Waals surface area contributed by atoms with E-state index in [1.807, 2.05) is 44.2 Å². The van der Waals surface area contributed by atoms with Gasteiger partial charge in [-0.3, -0.25) is 4.79 Å². The minimum atomic E-state index is 0.615. The van der Waals surface area contributed by atoms with E-state index in [0.29, 0.717) is 13.0 Å². The van der Waals surface area contributed by atoms with E-state index < -0.39 is 0 Å². The van der Waals surface area contributed by atoms with E-state index in [1.165, 1.54) is 0 Å². The zero-order valence-electron chi connectivity index (χ0n) is 7.58. The van der Waals surface area contributed by atoms with Gasteiger partial charge in [0.05, 0.1) is 0 Å². The molecule has 1 aromatic rings. The molecule has 0 unspecified atom stereocenters. The fraction of sp³-hybridized carbons (Fsp3) is 0.300. The molecule has 0 spiro atoms. The highest BCUT2D eigenvalue weighted by Gasteiger charge is 1.85.